The number of allylic oxidation sites excluding steroid dienone is 1. The fraction of sp³-hybridized carbons (Fsp3) is 0.143. The van der Waals surface area contributed by atoms with Gasteiger partial charge in [-0.2, -0.15) is 5.26 Å². The lowest BCUT2D eigenvalue weighted by molar-refractivity contribution is 0.311. The highest BCUT2D eigenvalue weighted by Gasteiger charge is 2.10. The Morgan fingerprint density at radius 2 is 2.00 bits per heavy atom. The van der Waals surface area contributed by atoms with Crippen LogP contribution in [0.2, 0.25) is 0 Å². The molecule has 0 aliphatic rings. The van der Waals surface area contributed by atoms with Gasteiger partial charge in [0.15, 0.2) is 11.5 Å². The van der Waals surface area contributed by atoms with Crippen molar-refractivity contribution >= 4 is 23.0 Å². The third kappa shape index (κ3) is 3.93. The Morgan fingerprint density at radius 3 is 2.69 bits per heavy atom. The molecule has 0 atom stereocenters. The molecule has 0 N–H and O–H groups in total. The first-order valence-electron chi connectivity index (χ1n) is 8.19. The van der Waals surface area contributed by atoms with Crippen molar-refractivity contribution in [3.05, 3.63) is 64.5 Å². The molecule has 0 amide bonds. The van der Waals surface area contributed by atoms with Gasteiger partial charge in [-0.1, -0.05) is 36.4 Å². The maximum absolute atomic E-state index is 9.58. The van der Waals surface area contributed by atoms with Crippen LogP contribution in [0.5, 0.6) is 11.5 Å². The molecule has 0 unspecified atom stereocenters. The number of nitriles is 1. The molecule has 0 radical (unpaired) electrons. The predicted octanol–water partition coefficient (Wildman–Crippen LogP) is 5.28. The van der Waals surface area contributed by atoms with Crippen LogP contribution in [0.3, 0.4) is 0 Å². The smallest absolute Gasteiger partial charge is 0.161 e. The topological polar surface area (TPSA) is 55.1 Å². The van der Waals surface area contributed by atoms with E-state index in [0.717, 1.165) is 16.8 Å². The first-order valence-corrected chi connectivity index (χ1v) is 9.07. The highest BCUT2D eigenvalue weighted by atomic mass is 32.1. The van der Waals surface area contributed by atoms with Crippen LogP contribution < -0.4 is 9.47 Å². The Kier molecular flexibility index (Phi) is 5.67. The summed E-state index contributed by atoms with van der Waals surface area (Å²) in [5.41, 5.74) is 3.28. The molecule has 0 saturated carbocycles. The van der Waals surface area contributed by atoms with Gasteiger partial charge >= 0.3 is 0 Å². The van der Waals surface area contributed by atoms with Crippen LogP contribution in [0, 0.1) is 11.3 Å². The zero-order valence-corrected chi connectivity index (χ0v) is 15.4. The minimum absolute atomic E-state index is 0.517. The Hall–Kier alpha value is -3.10. The van der Waals surface area contributed by atoms with E-state index in [4.69, 9.17) is 9.47 Å². The third-order valence-corrected chi connectivity index (χ3v) is 4.60. The Labute approximate surface area is 157 Å². The summed E-state index contributed by atoms with van der Waals surface area (Å²) in [6.07, 6.45) is 1.81. The Bertz CT molecular complexity index is 956. The number of hydrogen-bond donors (Lipinski definition) is 0. The van der Waals surface area contributed by atoms with E-state index in [-0.39, 0.29) is 0 Å². The average Bonchev–Trinajstić information content (AvgIpc) is 3.18. The fourth-order valence-corrected chi connectivity index (χ4v) is 3.29. The number of ether oxygens (including phenoxy) is 2. The zero-order valence-electron chi connectivity index (χ0n) is 14.6. The van der Waals surface area contributed by atoms with E-state index >= 15 is 0 Å². The van der Waals surface area contributed by atoms with Gasteiger partial charge in [0.2, 0.25) is 0 Å². The summed E-state index contributed by atoms with van der Waals surface area (Å²) in [6.45, 7) is 2.49. The van der Waals surface area contributed by atoms with Gasteiger partial charge in [0.05, 0.1) is 25.0 Å². The monoisotopic (exact) mass is 362 g/mol. The maximum Gasteiger partial charge on any atom is 0.161 e. The van der Waals surface area contributed by atoms with Gasteiger partial charge in [0.1, 0.15) is 11.1 Å². The van der Waals surface area contributed by atoms with Crippen LogP contribution >= 0.6 is 11.3 Å². The molecule has 4 nitrogen and oxygen atoms in total. The van der Waals surface area contributed by atoms with Crippen LogP contribution in [-0.2, 0) is 0 Å². The molecule has 3 rings (SSSR count). The highest BCUT2D eigenvalue weighted by Crippen LogP contribution is 2.31. The highest BCUT2D eigenvalue weighted by molar-refractivity contribution is 7.11. The van der Waals surface area contributed by atoms with Gasteiger partial charge in [-0.05, 0) is 30.7 Å². The first-order chi connectivity index (χ1) is 12.7. The van der Waals surface area contributed by atoms with E-state index in [9.17, 15) is 5.26 Å². The molecule has 0 spiro atoms. The lowest BCUT2D eigenvalue weighted by Crippen LogP contribution is -1.95. The van der Waals surface area contributed by atoms with Gasteiger partial charge in [0.25, 0.3) is 0 Å². The van der Waals surface area contributed by atoms with E-state index in [0.29, 0.717) is 28.7 Å². The summed E-state index contributed by atoms with van der Waals surface area (Å²) in [5, 5.41) is 12.2. The van der Waals surface area contributed by atoms with E-state index in [1.54, 1.807) is 7.11 Å². The Balaban J connectivity index is 1.92. The van der Waals surface area contributed by atoms with Crippen LogP contribution in [0.4, 0.5) is 0 Å². The molecule has 1 heterocycles. The van der Waals surface area contributed by atoms with Crippen LogP contribution in [0.25, 0.3) is 22.9 Å². The standard InChI is InChI=1S/C21H18N2O2S/c1-3-25-19-10-9-15(12-20(19)24-2)11-17(13-22)21-23-18(14-26-21)16-7-5-4-6-8-16/h4-12,14H,3H2,1-2H3/b17-11+. The van der Waals surface area contributed by atoms with Crippen molar-refractivity contribution in [1.82, 2.24) is 4.98 Å². The van der Waals surface area contributed by atoms with Crippen molar-refractivity contribution in [1.29, 1.82) is 5.26 Å². The van der Waals surface area contributed by atoms with Gasteiger partial charge in [-0.3, -0.25) is 0 Å². The molecular weight excluding hydrogens is 344 g/mol. The Morgan fingerprint density at radius 1 is 1.19 bits per heavy atom. The molecule has 2 aromatic carbocycles. The third-order valence-electron chi connectivity index (χ3n) is 3.72. The van der Waals surface area contributed by atoms with E-state index in [1.165, 1.54) is 11.3 Å². The SMILES string of the molecule is CCOc1ccc(/C=C(\C#N)c2nc(-c3ccccc3)cs2)cc1OC. The number of thiazole rings is 1. The number of nitrogens with zero attached hydrogens (tertiary/aromatic N) is 2. The van der Waals surface area contributed by atoms with Gasteiger partial charge in [-0.15, -0.1) is 11.3 Å². The minimum atomic E-state index is 0.517. The average molecular weight is 362 g/mol. The number of benzene rings is 2. The molecule has 1 aromatic heterocycles. The molecule has 0 aliphatic heterocycles. The largest absolute Gasteiger partial charge is 0.493 e. The second kappa shape index (κ2) is 8.32. The lowest BCUT2D eigenvalue weighted by Gasteiger charge is -2.09. The number of rotatable bonds is 6. The summed E-state index contributed by atoms with van der Waals surface area (Å²) in [5.74, 6) is 1.33. The summed E-state index contributed by atoms with van der Waals surface area (Å²) in [6, 6.07) is 17.8. The van der Waals surface area contributed by atoms with E-state index in [1.807, 2.05) is 66.9 Å². The molecule has 0 fully saturated rings. The van der Waals surface area contributed by atoms with Crippen molar-refractivity contribution in [3.63, 3.8) is 0 Å². The number of aromatic nitrogens is 1. The van der Waals surface area contributed by atoms with Gasteiger partial charge < -0.3 is 9.47 Å². The number of methoxy groups -OCH3 is 1. The minimum Gasteiger partial charge on any atom is -0.493 e. The van der Waals surface area contributed by atoms with Gasteiger partial charge in [0, 0.05) is 10.9 Å². The van der Waals surface area contributed by atoms with Crippen molar-refractivity contribution in [2.75, 3.05) is 13.7 Å². The summed E-state index contributed by atoms with van der Waals surface area (Å²) in [4.78, 5) is 4.61. The molecule has 26 heavy (non-hydrogen) atoms. The van der Waals surface area contributed by atoms with Gasteiger partial charge in [-0.25, -0.2) is 4.98 Å². The lowest BCUT2D eigenvalue weighted by atomic mass is 10.1. The second-order valence-corrected chi connectivity index (χ2v) is 6.28. The molecule has 130 valence electrons. The molecule has 0 bridgehead atoms. The molecule has 5 heteroatoms. The van der Waals surface area contributed by atoms with Crippen LogP contribution in [0.15, 0.2) is 53.9 Å². The van der Waals surface area contributed by atoms with Crippen molar-refractivity contribution < 1.29 is 9.47 Å². The zero-order chi connectivity index (χ0) is 18.4. The molecule has 0 aliphatic carbocycles. The van der Waals surface area contributed by atoms with Crippen molar-refractivity contribution in [2.45, 2.75) is 6.92 Å². The first kappa shape index (κ1) is 17.7. The predicted molar refractivity (Wildman–Crippen MR) is 105 cm³/mol. The van der Waals surface area contributed by atoms with Crippen molar-refractivity contribution in [2.24, 2.45) is 0 Å². The normalized spacial score (nSPS) is 11.0. The van der Waals surface area contributed by atoms with Crippen molar-refractivity contribution in [3.8, 4) is 28.8 Å². The fourth-order valence-electron chi connectivity index (χ4n) is 2.50. The quantitative estimate of drug-likeness (QED) is 0.560. The molecule has 0 saturated heterocycles. The summed E-state index contributed by atoms with van der Waals surface area (Å²) >= 11 is 1.46. The summed E-state index contributed by atoms with van der Waals surface area (Å²) in [7, 11) is 1.60. The summed E-state index contributed by atoms with van der Waals surface area (Å²) < 4.78 is 10.9. The number of hydrogen-bond acceptors (Lipinski definition) is 5. The molecule has 3 aromatic rings. The maximum atomic E-state index is 9.58. The second-order valence-electron chi connectivity index (χ2n) is 5.42. The van der Waals surface area contributed by atoms with Crippen LogP contribution in [-0.4, -0.2) is 18.7 Å². The van der Waals surface area contributed by atoms with Crippen LogP contribution in [0.1, 0.15) is 17.5 Å². The van der Waals surface area contributed by atoms with E-state index in [2.05, 4.69) is 11.1 Å². The molecular formula is C21H18N2O2S. The van der Waals surface area contributed by atoms with E-state index < -0.39 is 0 Å².